The summed E-state index contributed by atoms with van der Waals surface area (Å²) in [6.07, 6.45) is 1.26. The Morgan fingerprint density at radius 3 is 2.74 bits per heavy atom. The van der Waals surface area contributed by atoms with Crippen LogP contribution in [0.2, 0.25) is 0 Å². The first-order valence-electron chi connectivity index (χ1n) is 7.62. The van der Waals surface area contributed by atoms with Gasteiger partial charge in [0, 0.05) is 45.1 Å². The lowest BCUT2D eigenvalue weighted by Gasteiger charge is -2.17. The summed E-state index contributed by atoms with van der Waals surface area (Å²) in [5.74, 6) is -0.502. The lowest BCUT2D eigenvalue weighted by Crippen LogP contribution is -2.33. The number of likely N-dealkylation sites (tertiary alicyclic amines) is 1. The average molecular weight is 343 g/mol. The molecule has 2 fully saturated rings. The van der Waals surface area contributed by atoms with Gasteiger partial charge in [0.25, 0.3) is 5.91 Å². The summed E-state index contributed by atoms with van der Waals surface area (Å²) in [5, 5.41) is 14.0. The van der Waals surface area contributed by atoms with E-state index in [-0.39, 0.29) is 30.5 Å². The van der Waals surface area contributed by atoms with Crippen LogP contribution in [0.25, 0.3) is 0 Å². The van der Waals surface area contributed by atoms with Crippen LogP contribution in [0, 0.1) is 5.92 Å². The summed E-state index contributed by atoms with van der Waals surface area (Å²) in [5.41, 5.74) is 0.792. The number of carbonyl (C=O) groups excluding carboxylic acids is 1. The molecule has 1 N–H and O–H groups in total. The molecule has 2 aliphatic rings. The minimum atomic E-state index is -3.43. The van der Waals surface area contributed by atoms with Gasteiger partial charge in [-0.25, -0.2) is 12.7 Å². The maximum Gasteiger partial charge on any atom is 0.292 e. The quantitative estimate of drug-likeness (QED) is 0.799. The lowest BCUT2D eigenvalue weighted by molar-refractivity contribution is 0.0724. The molecule has 2 atom stereocenters. The fourth-order valence-corrected chi connectivity index (χ4v) is 3.89. The lowest BCUT2D eigenvalue weighted by atomic mass is 10.1. The number of hydrogen-bond acceptors (Lipinski definition) is 6. The Morgan fingerprint density at radius 2 is 2.13 bits per heavy atom. The van der Waals surface area contributed by atoms with Gasteiger partial charge in [0.1, 0.15) is 0 Å². The van der Waals surface area contributed by atoms with E-state index >= 15 is 0 Å². The molecule has 8 nitrogen and oxygen atoms in total. The van der Waals surface area contributed by atoms with E-state index < -0.39 is 22.0 Å². The Hall–Kier alpha value is -1.45. The minimum absolute atomic E-state index is 0.103. The molecular weight excluding hydrogens is 322 g/mol. The van der Waals surface area contributed by atoms with Crippen molar-refractivity contribution in [1.82, 2.24) is 14.4 Å². The maximum atomic E-state index is 12.4. The van der Waals surface area contributed by atoms with Crippen molar-refractivity contribution in [3.05, 3.63) is 17.5 Å². The molecule has 9 heteroatoms. The number of amides is 1. The Balaban J connectivity index is 1.66. The van der Waals surface area contributed by atoms with Gasteiger partial charge in [-0.15, -0.1) is 0 Å². The van der Waals surface area contributed by atoms with Crippen molar-refractivity contribution < 1.29 is 22.8 Å². The van der Waals surface area contributed by atoms with Gasteiger partial charge in [0.2, 0.25) is 15.8 Å². The first-order valence-corrected chi connectivity index (χ1v) is 9.23. The van der Waals surface area contributed by atoms with Crippen LogP contribution in [0.3, 0.4) is 0 Å². The summed E-state index contributed by atoms with van der Waals surface area (Å²) in [6.45, 7) is 0.290. The van der Waals surface area contributed by atoms with Gasteiger partial charge in [0.05, 0.1) is 17.6 Å². The van der Waals surface area contributed by atoms with Crippen LogP contribution < -0.4 is 0 Å². The van der Waals surface area contributed by atoms with Crippen LogP contribution >= 0.6 is 0 Å². The van der Waals surface area contributed by atoms with E-state index in [0.29, 0.717) is 5.92 Å². The van der Waals surface area contributed by atoms with Crippen LogP contribution in [0.4, 0.5) is 0 Å². The molecular formula is C14H21N3O5S. The molecule has 1 aromatic heterocycles. The second-order valence-corrected chi connectivity index (χ2v) is 8.72. The molecule has 0 aromatic carbocycles. The van der Waals surface area contributed by atoms with Crippen molar-refractivity contribution >= 4 is 15.9 Å². The zero-order chi connectivity index (χ0) is 16.8. The van der Waals surface area contributed by atoms with Crippen LogP contribution in [0.1, 0.15) is 35.0 Å². The number of rotatable bonds is 5. The molecule has 1 saturated heterocycles. The van der Waals surface area contributed by atoms with Crippen LogP contribution in [-0.4, -0.2) is 72.8 Å². The molecule has 1 aromatic rings. The second kappa shape index (κ2) is 5.88. The van der Waals surface area contributed by atoms with Gasteiger partial charge >= 0.3 is 0 Å². The van der Waals surface area contributed by atoms with Gasteiger partial charge in [-0.1, -0.05) is 5.16 Å². The number of aliphatic hydroxyl groups is 1. The van der Waals surface area contributed by atoms with E-state index in [1.165, 1.54) is 19.0 Å². The molecule has 2 heterocycles. The normalized spacial score (nSPS) is 25.3. The summed E-state index contributed by atoms with van der Waals surface area (Å²) in [4.78, 5) is 13.8. The summed E-state index contributed by atoms with van der Waals surface area (Å²) in [7, 11) is -0.524. The first-order chi connectivity index (χ1) is 10.8. The highest BCUT2D eigenvalue weighted by molar-refractivity contribution is 7.89. The third-order valence-corrected chi connectivity index (χ3v) is 6.37. The highest BCUT2D eigenvalue weighted by atomic mass is 32.2. The van der Waals surface area contributed by atoms with E-state index in [1.54, 1.807) is 6.07 Å². The zero-order valence-corrected chi connectivity index (χ0v) is 14.0. The maximum absolute atomic E-state index is 12.4. The van der Waals surface area contributed by atoms with Gasteiger partial charge < -0.3 is 14.5 Å². The number of hydrogen-bond donors (Lipinski definition) is 1. The number of sulfonamides is 1. The van der Waals surface area contributed by atoms with Crippen LogP contribution in [0.15, 0.2) is 10.6 Å². The monoisotopic (exact) mass is 343 g/mol. The molecule has 1 aliphatic heterocycles. The molecule has 1 saturated carbocycles. The zero-order valence-electron chi connectivity index (χ0n) is 13.2. The van der Waals surface area contributed by atoms with E-state index in [4.69, 9.17) is 4.52 Å². The highest BCUT2D eigenvalue weighted by Crippen LogP contribution is 2.39. The second-order valence-electron chi connectivity index (χ2n) is 6.49. The molecule has 1 aliphatic carbocycles. The van der Waals surface area contributed by atoms with Crippen molar-refractivity contribution in [2.45, 2.75) is 24.9 Å². The number of aromatic nitrogens is 1. The first kappa shape index (κ1) is 16.4. The van der Waals surface area contributed by atoms with E-state index in [0.717, 1.165) is 22.8 Å². The fraction of sp³-hybridized carbons (Fsp3) is 0.714. The number of carbonyl (C=O) groups is 1. The van der Waals surface area contributed by atoms with Crippen molar-refractivity contribution in [3.63, 3.8) is 0 Å². The Labute approximate surface area is 135 Å². The Kier molecular flexibility index (Phi) is 4.19. The smallest absolute Gasteiger partial charge is 0.292 e. The molecule has 128 valence electrons. The molecule has 23 heavy (non-hydrogen) atoms. The Bertz CT molecular complexity index is 695. The molecule has 3 rings (SSSR count). The van der Waals surface area contributed by atoms with Gasteiger partial charge in [-0.3, -0.25) is 4.79 Å². The predicted molar refractivity (Wildman–Crippen MR) is 81.4 cm³/mol. The van der Waals surface area contributed by atoms with Gasteiger partial charge in [-0.2, -0.15) is 0 Å². The topological polar surface area (TPSA) is 104 Å². The van der Waals surface area contributed by atoms with Crippen LogP contribution in [0.5, 0.6) is 0 Å². The third kappa shape index (κ3) is 3.41. The van der Waals surface area contributed by atoms with Crippen molar-refractivity contribution in [2.24, 2.45) is 5.92 Å². The predicted octanol–water partition coefficient (Wildman–Crippen LogP) is -0.124. The molecule has 0 spiro atoms. The number of aliphatic hydroxyl groups excluding tert-OH is 1. The highest BCUT2D eigenvalue weighted by Gasteiger charge is 2.39. The largest absolute Gasteiger partial charge is 0.391 e. The summed E-state index contributed by atoms with van der Waals surface area (Å²) in [6, 6.07) is 1.65. The average Bonchev–Trinajstić information content (AvgIpc) is 3.10. The molecule has 1 amide bonds. The minimum Gasteiger partial charge on any atom is -0.391 e. The van der Waals surface area contributed by atoms with Gasteiger partial charge in [-0.05, 0) is 12.8 Å². The van der Waals surface area contributed by atoms with E-state index in [2.05, 4.69) is 5.16 Å². The van der Waals surface area contributed by atoms with E-state index in [1.807, 2.05) is 0 Å². The summed E-state index contributed by atoms with van der Waals surface area (Å²) >= 11 is 0. The fourth-order valence-electron chi connectivity index (χ4n) is 2.72. The van der Waals surface area contributed by atoms with Crippen molar-refractivity contribution in [3.8, 4) is 0 Å². The SMILES string of the molecule is CN(C)S(=O)(=O)C[C@@H]1CN(C(=O)c2cc(C3CC3)no2)C[C@H]1O. The van der Waals surface area contributed by atoms with Crippen molar-refractivity contribution in [1.29, 1.82) is 0 Å². The number of nitrogens with zero attached hydrogens (tertiary/aromatic N) is 3. The standard InChI is InChI=1S/C14H21N3O5S/c1-16(2)23(20,21)8-10-6-17(7-12(10)18)14(19)13-5-11(15-22-13)9-3-4-9/h5,9-10,12,18H,3-4,6-8H2,1-2H3/t10-,12+/m0/s1. The molecule has 0 radical (unpaired) electrons. The van der Waals surface area contributed by atoms with Crippen molar-refractivity contribution in [2.75, 3.05) is 32.9 Å². The van der Waals surface area contributed by atoms with E-state index in [9.17, 15) is 18.3 Å². The molecule has 0 unspecified atom stereocenters. The Morgan fingerprint density at radius 1 is 1.43 bits per heavy atom. The molecule has 0 bridgehead atoms. The number of β-amino-alcohol motifs (C(OH)–C–C–N with tert-alkyl or cyclic N) is 1. The van der Waals surface area contributed by atoms with Crippen LogP contribution in [-0.2, 0) is 10.0 Å². The summed E-state index contributed by atoms with van der Waals surface area (Å²) < 4.78 is 30.1. The third-order valence-electron chi connectivity index (χ3n) is 4.41. The van der Waals surface area contributed by atoms with Gasteiger partial charge in [0.15, 0.2) is 0 Å².